The van der Waals surface area contributed by atoms with E-state index in [1.54, 1.807) is 0 Å². The summed E-state index contributed by atoms with van der Waals surface area (Å²) in [5.41, 5.74) is 0.107. The van der Waals surface area contributed by atoms with Gasteiger partial charge in [-0.2, -0.15) is 5.26 Å². The Bertz CT molecular complexity index is 466. The lowest BCUT2D eigenvalue weighted by molar-refractivity contribution is 0.0935. The molecule has 1 amide bonds. The first-order valence-electron chi connectivity index (χ1n) is 5.14. The van der Waals surface area contributed by atoms with E-state index in [9.17, 15) is 9.90 Å². The Morgan fingerprint density at radius 3 is 2.65 bits per heavy atom. The molecule has 1 aromatic carbocycles. The topological polar surface area (TPSA) is 73.1 Å². The molecule has 1 unspecified atom stereocenters. The quantitative estimate of drug-likeness (QED) is 0.867. The first-order chi connectivity index (χ1) is 7.95. The lowest BCUT2D eigenvalue weighted by Gasteiger charge is -2.15. The summed E-state index contributed by atoms with van der Waals surface area (Å²) in [7, 11) is 0. The van der Waals surface area contributed by atoms with Crippen molar-refractivity contribution in [1.29, 1.82) is 5.26 Å². The van der Waals surface area contributed by atoms with Crippen LogP contribution in [0.1, 0.15) is 24.2 Å². The lowest BCUT2D eigenvalue weighted by atomic mass is 10.1. The molecular formula is C12H13ClN2O2. The molecule has 4 nitrogen and oxygen atoms in total. The van der Waals surface area contributed by atoms with Crippen molar-refractivity contribution in [2.45, 2.75) is 19.9 Å². The molecule has 0 aromatic heterocycles. The number of hydrogen-bond donors (Lipinski definition) is 2. The molecule has 0 aliphatic heterocycles. The maximum Gasteiger partial charge on any atom is 0.256 e. The predicted molar refractivity (Wildman–Crippen MR) is 64.8 cm³/mol. The molecule has 1 rings (SSSR count). The molecule has 0 aliphatic carbocycles. The van der Waals surface area contributed by atoms with Crippen LogP contribution in [0.5, 0.6) is 5.75 Å². The third-order valence-electron chi connectivity index (χ3n) is 2.30. The number of carbonyl (C=O) groups is 1. The van der Waals surface area contributed by atoms with Crippen molar-refractivity contribution in [3.63, 3.8) is 0 Å². The minimum absolute atomic E-state index is 0.00149. The van der Waals surface area contributed by atoms with Crippen molar-refractivity contribution in [3.8, 4) is 11.8 Å². The molecule has 0 bridgehead atoms. The van der Waals surface area contributed by atoms with Gasteiger partial charge in [0.05, 0.1) is 11.6 Å². The van der Waals surface area contributed by atoms with Crippen molar-refractivity contribution >= 4 is 17.5 Å². The Morgan fingerprint density at radius 1 is 1.53 bits per heavy atom. The summed E-state index contributed by atoms with van der Waals surface area (Å²) in [5, 5.41) is 21.3. The monoisotopic (exact) mass is 252 g/mol. The maximum absolute atomic E-state index is 11.8. The van der Waals surface area contributed by atoms with Gasteiger partial charge in [0.25, 0.3) is 5.91 Å². The van der Waals surface area contributed by atoms with Gasteiger partial charge in [-0.1, -0.05) is 25.4 Å². The Kier molecular flexibility index (Phi) is 4.36. The predicted octanol–water partition coefficient (Wildman–Crippen LogP) is 2.32. The highest BCUT2D eigenvalue weighted by Gasteiger charge is 2.18. The number of hydrogen-bond acceptors (Lipinski definition) is 3. The van der Waals surface area contributed by atoms with E-state index >= 15 is 0 Å². The highest BCUT2D eigenvalue weighted by molar-refractivity contribution is 6.30. The standard InChI is InChI=1S/C12H13ClN2O2/c1-7(2)10(6-14)15-12(17)9-4-3-8(13)5-11(9)16/h3-5,7,10,16H,1-2H3,(H,15,17). The molecule has 0 saturated carbocycles. The van der Waals surface area contributed by atoms with E-state index in [0.29, 0.717) is 5.02 Å². The van der Waals surface area contributed by atoms with Crippen LogP contribution in [0.15, 0.2) is 18.2 Å². The number of nitriles is 1. The van der Waals surface area contributed by atoms with E-state index in [1.807, 2.05) is 19.9 Å². The van der Waals surface area contributed by atoms with Gasteiger partial charge >= 0.3 is 0 Å². The molecule has 0 heterocycles. The lowest BCUT2D eigenvalue weighted by Crippen LogP contribution is -2.37. The second kappa shape index (κ2) is 5.55. The highest BCUT2D eigenvalue weighted by atomic mass is 35.5. The van der Waals surface area contributed by atoms with Crippen LogP contribution in [0.3, 0.4) is 0 Å². The van der Waals surface area contributed by atoms with Crippen molar-refractivity contribution in [2.24, 2.45) is 5.92 Å². The molecule has 0 radical (unpaired) electrons. The number of phenolic OH excluding ortho intramolecular Hbond substituents is 1. The number of rotatable bonds is 3. The van der Waals surface area contributed by atoms with E-state index in [1.165, 1.54) is 18.2 Å². The van der Waals surface area contributed by atoms with Crippen LogP contribution in [0, 0.1) is 17.2 Å². The van der Waals surface area contributed by atoms with E-state index < -0.39 is 11.9 Å². The van der Waals surface area contributed by atoms with Gasteiger partial charge in [-0.3, -0.25) is 4.79 Å². The molecule has 1 atom stereocenters. The number of nitrogens with zero attached hydrogens (tertiary/aromatic N) is 1. The largest absolute Gasteiger partial charge is 0.507 e. The third-order valence-corrected chi connectivity index (χ3v) is 2.53. The second-order valence-corrected chi connectivity index (χ2v) is 4.42. The van der Waals surface area contributed by atoms with Gasteiger partial charge in [-0.15, -0.1) is 0 Å². The number of halogens is 1. The van der Waals surface area contributed by atoms with Crippen LogP contribution in [-0.2, 0) is 0 Å². The number of aromatic hydroxyl groups is 1. The first-order valence-corrected chi connectivity index (χ1v) is 5.52. The molecule has 2 N–H and O–H groups in total. The molecule has 17 heavy (non-hydrogen) atoms. The zero-order chi connectivity index (χ0) is 13.0. The summed E-state index contributed by atoms with van der Waals surface area (Å²) in [4.78, 5) is 11.8. The smallest absolute Gasteiger partial charge is 0.256 e. The molecule has 5 heteroatoms. The average molecular weight is 253 g/mol. The summed E-state index contributed by atoms with van der Waals surface area (Å²) in [5.74, 6) is -0.687. The van der Waals surface area contributed by atoms with E-state index in [2.05, 4.69) is 5.32 Å². The Morgan fingerprint density at radius 2 is 2.18 bits per heavy atom. The van der Waals surface area contributed by atoms with Crippen LogP contribution in [0.4, 0.5) is 0 Å². The van der Waals surface area contributed by atoms with Gasteiger partial charge in [0.15, 0.2) is 0 Å². The third kappa shape index (κ3) is 3.36. The van der Waals surface area contributed by atoms with Crippen LogP contribution in [-0.4, -0.2) is 17.1 Å². The van der Waals surface area contributed by atoms with Crippen molar-refractivity contribution < 1.29 is 9.90 Å². The van der Waals surface area contributed by atoms with Crippen molar-refractivity contribution in [1.82, 2.24) is 5.32 Å². The van der Waals surface area contributed by atoms with Crippen LogP contribution in [0.25, 0.3) is 0 Å². The molecule has 0 saturated heterocycles. The van der Waals surface area contributed by atoms with Crippen LogP contribution in [0.2, 0.25) is 5.02 Å². The minimum atomic E-state index is -0.586. The Balaban J connectivity index is 2.87. The van der Waals surface area contributed by atoms with E-state index in [-0.39, 0.29) is 17.2 Å². The Labute approximate surface area is 105 Å². The Hall–Kier alpha value is -1.73. The minimum Gasteiger partial charge on any atom is -0.507 e. The van der Waals surface area contributed by atoms with Gasteiger partial charge in [-0.25, -0.2) is 0 Å². The fraction of sp³-hybridized carbons (Fsp3) is 0.333. The molecule has 0 spiro atoms. The molecule has 90 valence electrons. The van der Waals surface area contributed by atoms with Gasteiger partial charge in [-0.05, 0) is 24.1 Å². The zero-order valence-electron chi connectivity index (χ0n) is 9.57. The summed E-state index contributed by atoms with van der Waals surface area (Å²) < 4.78 is 0. The second-order valence-electron chi connectivity index (χ2n) is 3.99. The average Bonchev–Trinajstić information content (AvgIpc) is 2.24. The molecule has 0 aliphatic rings. The summed E-state index contributed by atoms with van der Waals surface area (Å²) in [6, 6.07) is 5.62. The molecule has 0 fully saturated rings. The molecule has 1 aromatic rings. The SMILES string of the molecule is CC(C)C(C#N)NC(=O)c1ccc(Cl)cc1O. The zero-order valence-corrected chi connectivity index (χ0v) is 10.3. The number of nitrogens with one attached hydrogen (secondary N) is 1. The number of carbonyl (C=O) groups excluding carboxylic acids is 1. The van der Waals surface area contributed by atoms with E-state index in [4.69, 9.17) is 16.9 Å². The van der Waals surface area contributed by atoms with E-state index in [0.717, 1.165) is 0 Å². The summed E-state index contributed by atoms with van der Waals surface area (Å²) in [6.45, 7) is 3.66. The van der Waals surface area contributed by atoms with Gasteiger partial charge in [0, 0.05) is 5.02 Å². The van der Waals surface area contributed by atoms with Gasteiger partial charge < -0.3 is 10.4 Å². The van der Waals surface area contributed by atoms with Crippen molar-refractivity contribution in [2.75, 3.05) is 0 Å². The normalized spacial score (nSPS) is 11.9. The summed E-state index contributed by atoms with van der Waals surface area (Å²) >= 11 is 5.66. The van der Waals surface area contributed by atoms with Crippen molar-refractivity contribution in [3.05, 3.63) is 28.8 Å². The van der Waals surface area contributed by atoms with Gasteiger partial charge in [0.2, 0.25) is 0 Å². The number of amides is 1. The fourth-order valence-electron chi connectivity index (χ4n) is 1.26. The summed E-state index contributed by atoms with van der Waals surface area (Å²) in [6.07, 6.45) is 0. The first kappa shape index (κ1) is 13.3. The van der Waals surface area contributed by atoms with Gasteiger partial charge in [0.1, 0.15) is 11.8 Å². The number of phenols is 1. The number of benzene rings is 1. The molecular weight excluding hydrogens is 240 g/mol. The fourth-order valence-corrected chi connectivity index (χ4v) is 1.43. The van der Waals surface area contributed by atoms with Crippen LogP contribution < -0.4 is 5.32 Å². The highest BCUT2D eigenvalue weighted by Crippen LogP contribution is 2.21. The van der Waals surface area contributed by atoms with Crippen LogP contribution >= 0.6 is 11.6 Å². The maximum atomic E-state index is 11.8.